The van der Waals surface area contributed by atoms with Gasteiger partial charge in [-0.05, 0) is 43.0 Å². The van der Waals surface area contributed by atoms with Gasteiger partial charge < -0.3 is 0 Å². The van der Waals surface area contributed by atoms with Crippen LogP contribution in [-0.4, -0.2) is 0 Å². The maximum absolute atomic E-state index is 13.3. The molecule has 0 atom stereocenters. The summed E-state index contributed by atoms with van der Waals surface area (Å²) in [6.07, 6.45) is 0.789. The zero-order valence-electron chi connectivity index (χ0n) is 9.63. The third-order valence-corrected chi connectivity index (χ3v) is 2.77. The van der Waals surface area contributed by atoms with Crippen LogP contribution >= 0.6 is 0 Å². The van der Waals surface area contributed by atoms with Crippen molar-refractivity contribution in [2.75, 3.05) is 0 Å². The van der Waals surface area contributed by atoms with Crippen LogP contribution < -0.4 is 0 Å². The zero-order valence-corrected chi connectivity index (χ0v) is 9.63. The van der Waals surface area contributed by atoms with Gasteiger partial charge in [0.15, 0.2) is 0 Å². The van der Waals surface area contributed by atoms with Crippen molar-refractivity contribution in [3.63, 3.8) is 0 Å². The molecule has 0 radical (unpaired) electrons. The van der Waals surface area contributed by atoms with Gasteiger partial charge in [-0.25, -0.2) is 4.39 Å². The zero-order chi connectivity index (χ0) is 11.5. The summed E-state index contributed by atoms with van der Waals surface area (Å²) in [5, 5.41) is 0. The Kier molecular flexibility index (Phi) is 3.04. The molecule has 0 nitrogen and oxygen atoms in total. The molecule has 16 heavy (non-hydrogen) atoms. The quantitative estimate of drug-likeness (QED) is 0.708. The number of rotatable bonds is 2. The summed E-state index contributed by atoms with van der Waals surface area (Å²) >= 11 is 0. The summed E-state index contributed by atoms with van der Waals surface area (Å²) in [4.78, 5) is 0. The maximum atomic E-state index is 13.3. The second-order valence-corrected chi connectivity index (χ2v) is 4.25. The first-order valence-electron chi connectivity index (χ1n) is 5.46. The van der Waals surface area contributed by atoms with Crippen molar-refractivity contribution >= 4 is 0 Å². The SMILES string of the molecule is Cc1ccc(Cc2ccc(C)c(F)c2)cc1. The van der Waals surface area contributed by atoms with Gasteiger partial charge >= 0.3 is 0 Å². The highest BCUT2D eigenvalue weighted by Crippen LogP contribution is 2.14. The molecule has 2 aromatic rings. The number of halogens is 1. The minimum absolute atomic E-state index is 0.121. The highest BCUT2D eigenvalue weighted by Gasteiger charge is 2.00. The maximum Gasteiger partial charge on any atom is 0.126 e. The second-order valence-electron chi connectivity index (χ2n) is 4.25. The van der Waals surface area contributed by atoms with E-state index in [1.807, 2.05) is 12.1 Å². The van der Waals surface area contributed by atoms with Crippen molar-refractivity contribution < 1.29 is 4.39 Å². The van der Waals surface area contributed by atoms with Crippen molar-refractivity contribution in [3.05, 3.63) is 70.5 Å². The highest BCUT2D eigenvalue weighted by atomic mass is 19.1. The second kappa shape index (κ2) is 4.48. The summed E-state index contributed by atoms with van der Waals surface area (Å²) in [7, 11) is 0. The van der Waals surface area contributed by atoms with Crippen LogP contribution in [0.1, 0.15) is 22.3 Å². The first kappa shape index (κ1) is 10.9. The molecule has 0 saturated heterocycles. The topological polar surface area (TPSA) is 0 Å². The molecular weight excluding hydrogens is 199 g/mol. The van der Waals surface area contributed by atoms with E-state index in [9.17, 15) is 4.39 Å². The molecule has 82 valence electrons. The van der Waals surface area contributed by atoms with Gasteiger partial charge in [-0.1, -0.05) is 42.0 Å². The fourth-order valence-electron chi connectivity index (χ4n) is 1.69. The minimum Gasteiger partial charge on any atom is -0.207 e. The molecule has 2 rings (SSSR count). The third-order valence-electron chi connectivity index (χ3n) is 2.77. The van der Waals surface area contributed by atoms with Gasteiger partial charge in [0.1, 0.15) is 5.82 Å². The summed E-state index contributed by atoms with van der Waals surface area (Å²) in [5.74, 6) is -0.121. The van der Waals surface area contributed by atoms with Crippen LogP contribution in [0.4, 0.5) is 4.39 Å². The summed E-state index contributed by atoms with van der Waals surface area (Å²) in [6.45, 7) is 3.85. The lowest BCUT2D eigenvalue weighted by Gasteiger charge is -2.04. The van der Waals surface area contributed by atoms with Crippen molar-refractivity contribution in [2.45, 2.75) is 20.3 Å². The molecule has 0 N–H and O–H groups in total. The standard InChI is InChI=1S/C15H15F/c1-11-3-6-13(7-4-11)9-14-8-5-12(2)15(16)10-14/h3-8,10H,9H2,1-2H3. The average Bonchev–Trinajstić information content (AvgIpc) is 2.27. The summed E-state index contributed by atoms with van der Waals surface area (Å²) < 4.78 is 13.3. The van der Waals surface area contributed by atoms with E-state index >= 15 is 0 Å². The van der Waals surface area contributed by atoms with Crippen molar-refractivity contribution in [1.82, 2.24) is 0 Å². The first-order chi connectivity index (χ1) is 7.65. The Bertz CT molecular complexity index is 483. The van der Waals surface area contributed by atoms with E-state index in [0.717, 1.165) is 12.0 Å². The molecule has 0 unspecified atom stereocenters. The third kappa shape index (κ3) is 2.48. The largest absolute Gasteiger partial charge is 0.207 e. The van der Waals surface area contributed by atoms with Crippen LogP contribution in [0, 0.1) is 19.7 Å². The van der Waals surface area contributed by atoms with Gasteiger partial charge in [0.05, 0.1) is 0 Å². The Morgan fingerprint density at radius 3 is 2.12 bits per heavy atom. The Balaban J connectivity index is 2.20. The van der Waals surface area contributed by atoms with E-state index < -0.39 is 0 Å². The Morgan fingerprint density at radius 2 is 1.50 bits per heavy atom. The van der Waals surface area contributed by atoms with Gasteiger partial charge in [0, 0.05) is 0 Å². The lowest BCUT2D eigenvalue weighted by Crippen LogP contribution is -1.91. The fraction of sp³-hybridized carbons (Fsp3) is 0.200. The molecule has 0 aliphatic heterocycles. The van der Waals surface area contributed by atoms with Crippen LogP contribution in [0.5, 0.6) is 0 Å². The van der Waals surface area contributed by atoms with Crippen LogP contribution in [0.2, 0.25) is 0 Å². The predicted molar refractivity (Wildman–Crippen MR) is 65.1 cm³/mol. The molecule has 0 amide bonds. The molecule has 0 saturated carbocycles. The highest BCUT2D eigenvalue weighted by molar-refractivity contribution is 5.30. The first-order valence-corrected chi connectivity index (χ1v) is 5.46. The number of hydrogen-bond acceptors (Lipinski definition) is 0. The normalized spacial score (nSPS) is 10.4. The van der Waals surface area contributed by atoms with Gasteiger partial charge in [-0.3, -0.25) is 0 Å². The lowest BCUT2D eigenvalue weighted by molar-refractivity contribution is 0.616. The van der Waals surface area contributed by atoms with Gasteiger partial charge in [0.2, 0.25) is 0 Å². The molecule has 0 fully saturated rings. The van der Waals surface area contributed by atoms with Gasteiger partial charge in [-0.15, -0.1) is 0 Å². The number of hydrogen-bond donors (Lipinski definition) is 0. The van der Waals surface area contributed by atoms with E-state index in [1.54, 1.807) is 13.0 Å². The Hall–Kier alpha value is -1.63. The molecule has 0 heterocycles. The summed E-state index contributed by atoms with van der Waals surface area (Å²) in [5.41, 5.74) is 4.19. The molecule has 1 heteroatoms. The van der Waals surface area contributed by atoms with Crippen molar-refractivity contribution in [1.29, 1.82) is 0 Å². The van der Waals surface area contributed by atoms with E-state index in [4.69, 9.17) is 0 Å². The molecule has 0 aliphatic rings. The molecule has 0 aliphatic carbocycles. The van der Waals surface area contributed by atoms with Crippen LogP contribution in [-0.2, 0) is 6.42 Å². The Morgan fingerprint density at radius 1 is 0.875 bits per heavy atom. The number of benzene rings is 2. The molecule has 0 bridgehead atoms. The van der Waals surface area contributed by atoms with Crippen molar-refractivity contribution in [3.8, 4) is 0 Å². The van der Waals surface area contributed by atoms with Gasteiger partial charge in [0.25, 0.3) is 0 Å². The Labute approximate surface area is 95.7 Å². The minimum atomic E-state index is -0.121. The number of aryl methyl sites for hydroxylation is 2. The van der Waals surface area contributed by atoms with E-state index in [0.29, 0.717) is 5.56 Å². The smallest absolute Gasteiger partial charge is 0.126 e. The lowest BCUT2D eigenvalue weighted by atomic mass is 10.0. The van der Waals surface area contributed by atoms with E-state index in [1.165, 1.54) is 11.1 Å². The molecule has 0 spiro atoms. The average molecular weight is 214 g/mol. The monoisotopic (exact) mass is 214 g/mol. The predicted octanol–water partition coefficient (Wildman–Crippen LogP) is 4.03. The van der Waals surface area contributed by atoms with E-state index in [-0.39, 0.29) is 5.82 Å². The fourth-order valence-corrected chi connectivity index (χ4v) is 1.69. The van der Waals surface area contributed by atoms with E-state index in [2.05, 4.69) is 31.2 Å². The molecule has 2 aromatic carbocycles. The molecule has 0 aromatic heterocycles. The van der Waals surface area contributed by atoms with Crippen LogP contribution in [0.25, 0.3) is 0 Å². The van der Waals surface area contributed by atoms with Crippen molar-refractivity contribution in [2.24, 2.45) is 0 Å². The summed E-state index contributed by atoms with van der Waals surface area (Å²) in [6, 6.07) is 13.8. The van der Waals surface area contributed by atoms with Crippen LogP contribution in [0.15, 0.2) is 42.5 Å². The molecular formula is C15H15F. The van der Waals surface area contributed by atoms with Crippen LogP contribution in [0.3, 0.4) is 0 Å². The van der Waals surface area contributed by atoms with Gasteiger partial charge in [-0.2, -0.15) is 0 Å².